The summed E-state index contributed by atoms with van der Waals surface area (Å²) in [5.41, 5.74) is 2.29. The van der Waals surface area contributed by atoms with Gasteiger partial charge in [-0.3, -0.25) is 23.5 Å². The summed E-state index contributed by atoms with van der Waals surface area (Å²) in [5.74, 6) is -0.357. The predicted octanol–water partition coefficient (Wildman–Crippen LogP) is 2.79. The van der Waals surface area contributed by atoms with Gasteiger partial charge in [0, 0.05) is 6.20 Å². The number of rotatable bonds is 6. The number of nitrogens with zero attached hydrogens (tertiary/aromatic N) is 3. The van der Waals surface area contributed by atoms with Crippen molar-refractivity contribution in [1.29, 1.82) is 0 Å². The third-order valence-electron chi connectivity index (χ3n) is 5.43. The highest BCUT2D eigenvalue weighted by Crippen LogP contribution is 2.13. The zero-order chi connectivity index (χ0) is 22.7. The predicted molar refractivity (Wildman–Crippen MR) is 124 cm³/mol. The van der Waals surface area contributed by atoms with Crippen LogP contribution in [0.15, 0.2) is 82.5 Å². The molecular weight excluding hydrogens is 404 g/mol. The van der Waals surface area contributed by atoms with E-state index in [1.807, 2.05) is 68.4 Å². The van der Waals surface area contributed by atoms with Gasteiger partial charge in [0.1, 0.15) is 6.54 Å². The molecule has 0 bridgehead atoms. The molecule has 7 heteroatoms. The molecule has 2 heterocycles. The first-order valence-electron chi connectivity index (χ1n) is 10.4. The van der Waals surface area contributed by atoms with E-state index in [1.165, 1.54) is 9.13 Å². The molecule has 32 heavy (non-hydrogen) atoms. The smallest absolute Gasteiger partial charge is 0.318 e. The van der Waals surface area contributed by atoms with Crippen molar-refractivity contribution >= 4 is 17.1 Å². The zero-order valence-electron chi connectivity index (χ0n) is 18.0. The second-order valence-electron chi connectivity index (χ2n) is 7.81. The summed E-state index contributed by atoms with van der Waals surface area (Å²) in [7, 11) is 0. The summed E-state index contributed by atoms with van der Waals surface area (Å²) in [5, 5.41) is 2.89. The second-order valence-corrected chi connectivity index (χ2v) is 7.81. The van der Waals surface area contributed by atoms with Gasteiger partial charge in [-0.2, -0.15) is 0 Å². The summed E-state index contributed by atoms with van der Waals surface area (Å²) in [4.78, 5) is 43.0. The number of carbonyl (C=O) groups excluding carboxylic acids is 1. The SMILES string of the molecule is Cc1ccc(Cn2c(=O)c(=O)n(CC(=O)NC(C)c3ccccc3)c3cccnc32)cc1. The highest BCUT2D eigenvalue weighted by atomic mass is 16.2. The standard InChI is InChI=1S/C25H24N4O3/c1-17-10-12-19(13-11-17)15-29-23-21(9-6-14-26-23)28(24(31)25(29)32)16-22(30)27-18(2)20-7-4-3-5-8-20/h3-14,18H,15-16H2,1-2H3,(H,27,30). The topological polar surface area (TPSA) is 86.0 Å². The van der Waals surface area contributed by atoms with Gasteiger partial charge in [-0.25, -0.2) is 4.98 Å². The molecule has 0 aliphatic carbocycles. The molecule has 0 saturated carbocycles. The van der Waals surface area contributed by atoms with Crippen molar-refractivity contribution in [2.45, 2.75) is 33.0 Å². The van der Waals surface area contributed by atoms with Crippen LogP contribution in [0.2, 0.25) is 0 Å². The number of hydrogen-bond acceptors (Lipinski definition) is 4. The molecule has 7 nitrogen and oxygen atoms in total. The van der Waals surface area contributed by atoms with E-state index in [-0.39, 0.29) is 25.0 Å². The molecule has 1 unspecified atom stereocenters. The number of nitrogens with one attached hydrogen (secondary N) is 1. The number of amides is 1. The van der Waals surface area contributed by atoms with E-state index in [4.69, 9.17) is 0 Å². The fourth-order valence-electron chi connectivity index (χ4n) is 3.68. The van der Waals surface area contributed by atoms with Gasteiger partial charge in [-0.15, -0.1) is 0 Å². The van der Waals surface area contributed by atoms with E-state index >= 15 is 0 Å². The monoisotopic (exact) mass is 428 g/mol. The van der Waals surface area contributed by atoms with E-state index in [0.717, 1.165) is 16.7 Å². The molecule has 0 spiro atoms. The number of fused-ring (bicyclic) bond motifs is 1. The molecule has 1 N–H and O–H groups in total. The second kappa shape index (κ2) is 9.01. The Labute approximate surface area is 185 Å². The van der Waals surface area contributed by atoms with E-state index in [1.54, 1.807) is 18.3 Å². The van der Waals surface area contributed by atoms with Gasteiger partial charge in [-0.1, -0.05) is 60.2 Å². The lowest BCUT2D eigenvalue weighted by atomic mass is 10.1. The lowest BCUT2D eigenvalue weighted by molar-refractivity contribution is -0.122. The maximum Gasteiger partial charge on any atom is 0.318 e. The maximum atomic E-state index is 13.0. The Balaban J connectivity index is 1.68. The van der Waals surface area contributed by atoms with Crippen LogP contribution in [-0.2, 0) is 17.9 Å². The van der Waals surface area contributed by atoms with Crippen molar-refractivity contribution in [2.24, 2.45) is 0 Å². The van der Waals surface area contributed by atoms with Crippen molar-refractivity contribution in [3.05, 3.63) is 110 Å². The Hall–Kier alpha value is -4.00. The number of benzene rings is 2. The number of pyridine rings is 1. The van der Waals surface area contributed by atoms with Crippen LogP contribution in [0.4, 0.5) is 0 Å². The Kier molecular flexibility index (Phi) is 5.98. The Morgan fingerprint density at radius 1 is 0.938 bits per heavy atom. The molecule has 2 aromatic heterocycles. The zero-order valence-corrected chi connectivity index (χ0v) is 18.0. The van der Waals surface area contributed by atoms with Crippen LogP contribution in [0, 0.1) is 6.92 Å². The van der Waals surface area contributed by atoms with Crippen LogP contribution in [0.25, 0.3) is 11.2 Å². The van der Waals surface area contributed by atoms with Crippen LogP contribution < -0.4 is 16.4 Å². The first-order valence-corrected chi connectivity index (χ1v) is 10.4. The normalized spacial score (nSPS) is 11.9. The minimum Gasteiger partial charge on any atom is -0.348 e. The van der Waals surface area contributed by atoms with Gasteiger partial charge >= 0.3 is 11.1 Å². The van der Waals surface area contributed by atoms with Gasteiger partial charge in [0.15, 0.2) is 5.65 Å². The van der Waals surface area contributed by atoms with E-state index in [9.17, 15) is 14.4 Å². The molecule has 1 atom stereocenters. The molecule has 1 amide bonds. The third-order valence-corrected chi connectivity index (χ3v) is 5.43. The summed E-state index contributed by atoms with van der Waals surface area (Å²) in [6.45, 7) is 3.81. The minimum atomic E-state index is -0.750. The van der Waals surface area contributed by atoms with Crippen molar-refractivity contribution in [3.8, 4) is 0 Å². The van der Waals surface area contributed by atoms with E-state index in [0.29, 0.717) is 11.2 Å². The summed E-state index contributed by atoms with van der Waals surface area (Å²) in [6, 6.07) is 20.4. The Morgan fingerprint density at radius 2 is 1.62 bits per heavy atom. The first-order chi connectivity index (χ1) is 15.4. The van der Waals surface area contributed by atoms with Crippen molar-refractivity contribution < 1.29 is 4.79 Å². The van der Waals surface area contributed by atoms with Crippen molar-refractivity contribution in [2.75, 3.05) is 0 Å². The quantitative estimate of drug-likeness (QED) is 0.479. The van der Waals surface area contributed by atoms with Gasteiger partial charge < -0.3 is 5.32 Å². The van der Waals surface area contributed by atoms with Gasteiger partial charge in [0.2, 0.25) is 5.91 Å². The number of carbonyl (C=O) groups is 1. The molecule has 0 aliphatic rings. The third kappa shape index (κ3) is 4.37. The van der Waals surface area contributed by atoms with E-state index < -0.39 is 11.1 Å². The van der Waals surface area contributed by atoms with Crippen LogP contribution >= 0.6 is 0 Å². The highest BCUT2D eigenvalue weighted by Gasteiger charge is 2.17. The maximum absolute atomic E-state index is 13.0. The van der Waals surface area contributed by atoms with Gasteiger partial charge in [0.25, 0.3) is 0 Å². The first kappa shape index (κ1) is 21.2. The number of hydrogen-bond donors (Lipinski definition) is 1. The fraction of sp³-hybridized carbons (Fsp3) is 0.200. The summed E-state index contributed by atoms with van der Waals surface area (Å²) >= 11 is 0. The Bertz CT molecular complexity index is 1370. The van der Waals surface area contributed by atoms with Crippen LogP contribution in [0.1, 0.15) is 29.7 Å². The van der Waals surface area contributed by atoms with Crippen molar-refractivity contribution in [3.63, 3.8) is 0 Å². The Morgan fingerprint density at radius 3 is 2.34 bits per heavy atom. The van der Waals surface area contributed by atoms with Crippen molar-refractivity contribution in [1.82, 2.24) is 19.4 Å². The molecule has 4 aromatic rings. The molecule has 0 radical (unpaired) electrons. The lowest BCUT2D eigenvalue weighted by Gasteiger charge is -2.17. The molecule has 0 aliphatic heterocycles. The molecule has 4 rings (SSSR count). The molecule has 0 fully saturated rings. The van der Waals surface area contributed by atoms with Crippen LogP contribution in [0.3, 0.4) is 0 Å². The lowest BCUT2D eigenvalue weighted by Crippen LogP contribution is -2.44. The van der Waals surface area contributed by atoms with Gasteiger partial charge in [-0.05, 0) is 37.1 Å². The molecular formula is C25H24N4O3. The van der Waals surface area contributed by atoms with E-state index in [2.05, 4.69) is 10.3 Å². The minimum absolute atomic E-state index is 0.222. The fourth-order valence-corrected chi connectivity index (χ4v) is 3.68. The average Bonchev–Trinajstić information content (AvgIpc) is 2.81. The highest BCUT2D eigenvalue weighted by molar-refractivity contribution is 5.79. The number of aryl methyl sites for hydroxylation is 1. The molecule has 162 valence electrons. The molecule has 2 aromatic carbocycles. The van der Waals surface area contributed by atoms with Crippen LogP contribution in [0.5, 0.6) is 0 Å². The number of aromatic nitrogens is 3. The molecule has 0 saturated heterocycles. The van der Waals surface area contributed by atoms with Gasteiger partial charge in [0.05, 0.1) is 18.1 Å². The summed E-state index contributed by atoms with van der Waals surface area (Å²) in [6.07, 6.45) is 1.57. The van der Waals surface area contributed by atoms with Crippen LogP contribution in [-0.4, -0.2) is 20.0 Å². The largest absolute Gasteiger partial charge is 0.348 e. The summed E-state index contributed by atoms with van der Waals surface area (Å²) < 4.78 is 2.56. The average molecular weight is 428 g/mol.